The summed E-state index contributed by atoms with van der Waals surface area (Å²) in [7, 11) is 0. The molecule has 0 N–H and O–H groups in total. The molecular formula is C15H22IP. The molecule has 17 heavy (non-hydrogen) atoms. The van der Waals surface area contributed by atoms with Crippen LogP contribution in [0.3, 0.4) is 0 Å². The predicted octanol–water partition coefficient (Wildman–Crippen LogP) is 5.55. The first-order valence-electron chi connectivity index (χ1n) is 6.72. The number of hydrogen-bond acceptors (Lipinski definition) is 0. The first-order valence-corrected chi connectivity index (χ1v) is 11.0. The molecule has 0 nitrogen and oxygen atoms in total. The number of halogens is 1. The second-order valence-electron chi connectivity index (χ2n) is 5.33. The monoisotopic (exact) mass is 360 g/mol. The van der Waals surface area contributed by atoms with Gasteiger partial charge in [-0.1, -0.05) is 72.3 Å². The number of hydrogen-bond donors (Lipinski definition) is 0. The SMILES string of the molecule is CC1CCC(c2ccc(CCPI)cc2)CC1. The lowest BCUT2D eigenvalue weighted by Crippen LogP contribution is -2.10. The lowest BCUT2D eigenvalue weighted by molar-refractivity contribution is 0.348. The van der Waals surface area contributed by atoms with Crippen molar-refractivity contribution in [1.29, 1.82) is 0 Å². The van der Waals surface area contributed by atoms with Crippen LogP contribution >= 0.6 is 28.3 Å². The molecule has 1 saturated carbocycles. The summed E-state index contributed by atoms with van der Waals surface area (Å²) in [5.41, 5.74) is 3.10. The molecule has 0 aliphatic heterocycles. The molecule has 94 valence electrons. The van der Waals surface area contributed by atoms with E-state index < -0.39 is 0 Å². The molecule has 1 atom stereocenters. The van der Waals surface area contributed by atoms with Crippen molar-refractivity contribution in [3.05, 3.63) is 35.4 Å². The van der Waals surface area contributed by atoms with E-state index in [0.717, 1.165) is 18.1 Å². The van der Waals surface area contributed by atoms with Crippen LogP contribution in [0.4, 0.5) is 0 Å². The van der Waals surface area contributed by atoms with E-state index in [0.29, 0.717) is 0 Å². The van der Waals surface area contributed by atoms with Gasteiger partial charge in [-0.2, -0.15) is 0 Å². The maximum atomic E-state index is 2.49. The third-order valence-corrected chi connectivity index (χ3v) is 6.03. The molecular weight excluding hydrogens is 338 g/mol. The fraction of sp³-hybridized carbons (Fsp3) is 0.600. The summed E-state index contributed by atoms with van der Waals surface area (Å²) in [6.07, 6.45) is 9.27. The highest BCUT2D eigenvalue weighted by Gasteiger charge is 2.19. The molecule has 1 aromatic rings. The van der Waals surface area contributed by atoms with Gasteiger partial charge in [-0.3, -0.25) is 0 Å². The van der Waals surface area contributed by atoms with Gasteiger partial charge in [0.25, 0.3) is 0 Å². The number of aryl methyl sites for hydroxylation is 1. The standard InChI is InChI=1S/C15H22IP/c1-12-2-6-14(7-3-12)15-8-4-13(5-9-15)10-11-17-16/h4-5,8-9,12,14,17H,2-3,6-7,10-11H2,1H3. The van der Waals surface area contributed by atoms with E-state index in [-0.39, 0.29) is 0 Å². The van der Waals surface area contributed by atoms with Crippen molar-refractivity contribution < 1.29 is 0 Å². The highest BCUT2D eigenvalue weighted by Crippen LogP contribution is 2.35. The second kappa shape index (κ2) is 7.09. The first-order chi connectivity index (χ1) is 8.29. The average Bonchev–Trinajstić information content (AvgIpc) is 2.38. The van der Waals surface area contributed by atoms with Gasteiger partial charge in [0.2, 0.25) is 0 Å². The van der Waals surface area contributed by atoms with Crippen LogP contribution in [0.1, 0.15) is 49.7 Å². The van der Waals surface area contributed by atoms with Crippen molar-refractivity contribution in [2.75, 3.05) is 6.16 Å². The second-order valence-corrected chi connectivity index (χ2v) is 8.39. The van der Waals surface area contributed by atoms with E-state index >= 15 is 0 Å². The van der Waals surface area contributed by atoms with Crippen molar-refractivity contribution >= 4 is 28.3 Å². The van der Waals surface area contributed by atoms with E-state index in [1.165, 1.54) is 43.8 Å². The summed E-state index contributed by atoms with van der Waals surface area (Å²) in [5.74, 6) is 1.79. The van der Waals surface area contributed by atoms with Crippen LogP contribution < -0.4 is 0 Å². The summed E-state index contributed by atoms with van der Waals surface area (Å²) in [6.45, 7) is 2.39. The van der Waals surface area contributed by atoms with Crippen LogP contribution in [-0.4, -0.2) is 6.16 Å². The molecule has 1 unspecified atom stereocenters. The van der Waals surface area contributed by atoms with Crippen molar-refractivity contribution in [3.63, 3.8) is 0 Å². The molecule has 0 bridgehead atoms. The summed E-state index contributed by atoms with van der Waals surface area (Å²) < 4.78 is 0. The Morgan fingerprint density at radius 1 is 1.12 bits per heavy atom. The molecule has 0 radical (unpaired) electrons. The van der Waals surface area contributed by atoms with Crippen LogP contribution in [0.5, 0.6) is 0 Å². The molecule has 2 heteroatoms. The van der Waals surface area contributed by atoms with E-state index in [2.05, 4.69) is 53.2 Å². The Morgan fingerprint density at radius 2 is 1.76 bits per heavy atom. The van der Waals surface area contributed by atoms with Gasteiger partial charge >= 0.3 is 0 Å². The summed E-state index contributed by atoms with van der Waals surface area (Å²) in [4.78, 5) is 0. The first kappa shape index (κ1) is 13.8. The fourth-order valence-corrected chi connectivity index (χ4v) is 3.93. The number of rotatable bonds is 4. The minimum atomic E-state index is 0.840. The highest BCUT2D eigenvalue weighted by atomic mass is 127. The normalized spacial score (nSPS) is 25.5. The third-order valence-electron chi connectivity index (χ3n) is 3.98. The minimum Gasteiger partial charge on any atom is -0.0625 e. The molecule has 2 rings (SSSR count). The van der Waals surface area contributed by atoms with Gasteiger partial charge in [0.15, 0.2) is 0 Å². The molecule has 0 spiro atoms. The quantitative estimate of drug-likeness (QED) is 0.488. The zero-order valence-corrected chi connectivity index (χ0v) is 13.7. The Hall–Kier alpha value is 0.380. The van der Waals surface area contributed by atoms with Crippen molar-refractivity contribution in [1.82, 2.24) is 0 Å². The zero-order chi connectivity index (χ0) is 12.1. The van der Waals surface area contributed by atoms with E-state index in [1.54, 1.807) is 5.56 Å². The molecule has 0 aromatic heterocycles. The van der Waals surface area contributed by atoms with Gasteiger partial charge in [0, 0.05) is 0 Å². The Morgan fingerprint density at radius 3 is 2.35 bits per heavy atom. The molecule has 0 amide bonds. The van der Waals surface area contributed by atoms with Crippen LogP contribution in [0.15, 0.2) is 24.3 Å². The molecule has 0 heterocycles. The maximum Gasteiger partial charge on any atom is -0.0162 e. The molecule has 0 saturated heterocycles. The predicted molar refractivity (Wildman–Crippen MR) is 87.7 cm³/mol. The lowest BCUT2D eigenvalue weighted by atomic mass is 9.79. The smallest absolute Gasteiger partial charge is 0.0162 e. The molecule has 1 aliphatic rings. The Labute approximate surface area is 120 Å². The molecule has 1 fully saturated rings. The summed E-state index contributed by atoms with van der Waals surface area (Å²) >= 11 is 2.49. The van der Waals surface area contributed by atoms with Gasteiger partial charge in [0.05, 0.1) is 0 Å². The van der Waals surface area contributed by atoms with Crippen LogP contribution in [-0.2, 0) is 6.42 Å². The largest absolute Gasteiger partial charge is 0.0625 e. The summed E-state index contributed by atoms with van der Waals surface area (Å²) in [6, 6.07) is 9.47. The van der Waals surface area contributed by atoms with Gasteiger partial charge in [-0.05, 0) is 48.4 Å². The van der Waals surface area contributed by atoms with Crippen LogP contribution in [0.25, 0.3) is 0 Å². The third kappa shape index (κ3) is 4.21. The van der Waals surface area contributed by atoms with Crippen LogP contribution in [0.2, 0.25) is 0 Å². The Kier molecular flexibility index (Phi) is 5.76. The lowest BCUT2D eigenvalue weighted by Gasteiger charge is -2.26. The van der Waals surface area contributed by atoms with Crippen molar-refractivity contribution in [3.8, 4) is 0 Å². The van der Waals surface area contributed by atoms with Crippen molar-refractivity contribution in [2.24, 2.45) is 5.92 Å². The Bertz CT molecular complexity index is 325. The molecule has 1 aromatic carbocycles. The topological polar surface area (TPSA) is 0 Å². The van der Waals surface area contributed by atoms with E-state index in [4.69, 9.17) is 0 Å². The number of benzene rings is 1. The van der Waals surface area contributed by atoms with Gasteiger partial charge in [-0.15, -0.1) is 0 Å². The zero-order valence-electron chi connectivity index (χ0n) is 10.6. The average molecular weight is 360 g/mol. The minimum absolute atomic E-state index is 0.840. The fourth-order valence-electron chi connectivity index (χ4n) is 2.74. The Balaban J connectivity index is 1.93. The van der Waals surface area contributed by atoms with Crippen LogP contribution in [0, 0.1) is 5.92 Å². The highest BCUT2D eigenvalue weighted by molar-refractivity contribution is 14.2. The van der Waals surface area contributed by atoms with Crippen molar-refractivity contribution in [2.45, 2.75) is 44.9 Å². The summed E-state index contributed by atoms with van der Waals surface area (Å²) in [5, 5.41) is 0. The maximum absolute atomic E-state index is 2.49. The van der Waals surface area contributed by atoms with E-state index in [1.807, 2.05) is 0 Å². The van der Waals surface area contributed by atoms with Gasteiger partial charge in [-0.25, -0.2) is 0 Å². The van der Waals surface area contributed by atoms with E-state index in [9.17, 15) is 0 Å². The van der Waals surface area contributed by atoms with Gasteiger partial charge < -0.3 is 0 Å². The van der Waals surface area contributed by atoms with Gasteiger partial charge in [0.1, 0.15) is 0 Å². The molecule has 1 aliphatic carbocycles.